The minimum Gasteiger partial charge on any atom is -0.491 e. The van der Waals surface area contributed by atoms with E-state index in [0.717, 1.165) is 23.3 Å². The van der Waals surface area contributed by atoms with E-state index in [-0.39, 0.29) is 24.4 Å². The second kappa shape index (κ2) is 11.6. The number of carbonyl (C=O) groups excluding carboxylic acids is 2. The van der Waals surface area contributed by atoms with Gasteiger partial charge in [0.2, 0.25) is 5.91 Å². The number of benzene rings is 2. The molecule has 6 heteroatoms. The molecule has 0 saturated heterocycles. The Balaban J connectivity index is 1.50. The van der Waals surface area contributed by atoms with E-state index < -0.39 is 0 Å². The molecule has 1 unspecified atom stereocenters. The van der Waals surface area contributed by atoms with Crippen molar-refractivity contribution >= 4 is 23.2 Å². The van der Waals surface area contributed by atoms with Crippen LogP contribution in [0.2, 0.25) is 0 Å². The quantitative estimate of drug-likeness (QED) is 0.337. The summed E-state index contributed by atoms with van der Waals surface area (Å²) in [6.07, 6.45) is 2.47. The maximum absolute atomic E-state index is 13.6. The van der Waals surface area contributed by atoms with Gasteiger partial charge in [-0.15, -0.1) is 17.9 Å². The third kappa shape index (κ3) is 5.88. The van der Waals surface area contributed by atoms with E-state index in [2.05, 4.69) is 44.0 Å². The zero-order valence-electron chi connectivity index (χ0n) is 21.3. The molecule has 0 spiro atoms. The molecule has 0 saturated carbocycles. The number of hydrogen-bond acceptors (Lipinski definition) is 4. The Hall–Kier alpha value is -3.38. The average Bonchev–Trinajstić information content (AvgIpc) is 3.36. The lowest BCUT2D eigenvalue weighted by atomic mass is 10.00. The summed E-state index contributed by atoms with van der Waals surface area (Å²) in [6.45, 7) is 11.4. The number of thiophene rings is 1. The monoisotopic (exact) mass is 502 g/mol. The molecule has 1 aliphatic rings. The highest BCUT2D eigenvalue weighted by Gasteiger charge is 2.33. The first-order valence-electron chi connectivity index (χ1n) is 12.4. The summed E-state index contributed by atoms with van der Waals surface area (Å²) in [5.74, 6) is 0.990. The van der Waals surface area contributed by atoms with Crippen molar-refractivity contribution in [1.29, 1.82) is 0 Å². The Bertz CT molecular complexity index is 1200. The average molecular weight is 503 g/mol. The molecule has 0 radical (unpaired) electrons. The van der Waals surface area contributed by atoms with Crippen LogP contribution in [0.15, 0.2) is 72.6 Å². The topological polar surface area (TPSA) is 49.9 Å². The summed E-state index contributed by atoms with van der Waals surface area (Å²) in [6, 6.07) is 17.5. The number of ether oxygens (including phenoxy) is 1. The molecule has 188 valence electrons. The Labute approximate surface area is 218 Å². The largest absolute Gasteiger partial charge is 0.491 e. The fourth-order valence-electron chi connectivity index (χ4n) is 4.51. The molecule has 0 N–H and O–H groups in total. The van der Waals surface area contributed by atoms with Crippen LogP contribution in [-0.4, -0.2) is 47.9 Å². The zero-order chi connectivity index (χ0) is 25.7. The smallest absolute Gasteiger partial charge is 0.254 e. The zero-order valence-corrected chi connectivity index (χ0v) is 22.1. The third-order valence-corrected chi connectivity index (χ3v) is 7.63. The number of fused-ring (bicyclic) bond motifs is 1. The van der Waals surface area contributed by atoms with Gasteiger partial charge in [0.15, 0.2) is 0 Å². The minimum absolute atomic E-state index is 0.00220. The van der Waals surface area contributed by atoms with E-state index >= 15 is 0 Å². The summed E-state index contributed by atoms with van der Waals surface area (Å²) in [5.41, 5.74) is 4.05. The summed E-state index contributed by atoms with van der Waals surface area (Å²) < 4.78 is 6.18. The van der Waals surface area contributed by atoms with Gasteiger partial charge in [-0.2, -0.15) is 0 Å². The van der Waals surface area contributed by atoms with E-state index in [1.54, 1.807) is 34.4 Å². The van der Waals surface area contributed by atoms with Crippen molar-refractivity contribution in [3.8, 4) is 5.75 Å². The van der Waals surface area contributed by atoms with E-state index in [0.29, 0.717) is 31.2 Å². The molecular formula is C30H34N2O3S. The molecule has 1 atom stereocenters. The van der Waals surface area contributed by atoms with Gasteiger partial charge >= 0.3 is 0 Å². The molecule has 0 bridgehead atoms. The lowest BCUT2D eigenvalue weighted by Gasteiger charge is -2.37. The first-order chi connectivity index (χ1) is 17.4. The Morgan fingerprint density at radius 2 is 1.86 bits per heavy atom. The van der Waals surface area contributed by atoms with Crippen molar-refractivity contribution < 1.29 is 14.3 Å². The van der Waals surface area contributed by atoms with Crippen LogP contribution in [-0.2, 0) is 11.2 Å². The highest BCUT2D eigenvalue weighted by Crippen LogP contribution is 2.34. The van der Waals surface area contributed by atoms with Gasteiger partial charge in [0.1, 0.15) is 18.9 Å². The highest BCUT2D eigenvalue weighted by atomic mass is 32.1. The van der Waals surface area contributed by atoms with Crippen molar-refractivity contribution in [3.05, 3.63) is 99.8 Å². The summed E-state index contributed by atoms with van der Waals surface area (Å²) >= 11 is 1.72. The van der Waals surface area contributed by atoms with Gasteiger partial charge in [-0.25, -0.2) is 0 Å². The maximum Gasteiger partial charge on any atom is 0.254 e. The van der Waals surface area contributed by atoms with Crippen LogP contribution >= 0.6 is 11.3 Å². The minimum atomic E-state index is -0.197. The van der Waals surface area contributed by atoms with Crippen molar-refractivity contribution in [2.45, 2.75) is 39.2 Å². The van der Waals surface area contributed by atoms with Crippen molar-refractivity contribution in [2.75, 3.05) is 26.2 Å². The molecule has 36 heavy (non-hydrogen) atoms. The second-order valence-corrected chi connectivity index (χ2v) is 10.5. The van der Waals surface area contributed by atoms with Gasteiger partial charge in [-0.05, 0) is 66.1 Å². The van der Waals surface area contributed by atoms with Crippen molar-refractivity contribution in [2.24, 2.45) is 0 Å². The van der Waals surface area contributed by atoms with Gasteiger partial charge < -0.3 is 14.5 Å². The Morgan fingerprint density at radius 1 is 1.14 bits per heavy atom. The van der Waals surface area contributed by atoms with E-state index in [4.69, 9.17) is 4.74 Å². The summed E-state index contributed by atoms with van der Waals surface area (Å²) in [4.78, 5) is 31.5. The molecule has 0 fully saturated rings. The number of carbonyl (C=O) groups is 2. The van der Waals surface area contributed by atoms with Gasteiger partial charge in [0, 0.05) is 23.5 Å². The molecule has 0 aliphatic carbocycles. The Kier molecular flexibility index (Phi) is 8.26. The Morgan fingerprint density at radius 3 is 2.53 bits per heavy atom. The number of amides is 2. The summed E-state index contributed by atoms with van der Waals surface area (Å²) in [5, 5.41) is 2.08. The fraction of sp³-hybridized carbons (Fsp3) is 0.333. The van der Waals surface area contributed by atoms with E-state index in [1.165, 1.54) is 10.4 Å². The number of aryl methyl sites for hydroxylation is 1. The molecule has 1 aliphatic heterocycles. The predicted octanol–water partition coefficient (Wildman–Crippen LogP) is 6.01. The van der Waals surface area contributed by atoms with Gasteiger partial charge in [0.25, 0.3) is 5.91 Å². The van der Waals surface area contributed by atoms with Crippen LogP contribution in [0.3, 0.4) is 0 Å². The van der Waals surface area contributed by atoms with Crippen LogP contribution in [0.4, 0.5) is 0 Å². The van der Waals surface area contributed by atoms with Gasteiger partial charge in [-0.1, -0.05) is 49.8 Å². The van der Waals surface area contributed by atoms with Crippen LogP contribution in [0.25, 0.3) is 0 Å². The maximum atomic E-state index is 13.6. The number of hydrogen-bond donors (Lipinski definition) is 0. The lowest BCUT2D eigenvalue weighted by molar-refractivity contribution is -0.135. The molecule has 4 rings (SSSR count). The molecule has 3 aromatic rings. The molecule has 2 heterocycles. The second-order valence-electron chi connectivity index (χ2n) is 9.53. The molecular weight excluding hydrogens is 468 g/mol. The van der Waals surface area contributed by atoms with E-state index in [9.17, 15) is 9.59 Å². The van der Waals surface area contributed by atoms with Crippen LogP contribution in [0.1, 0.15) is 57.7 Å². The number of nitrogens with zero attached hydrogens (tertiary/aromatic N) is 2. The standard InChI is InChI=1S/C30H34N2O3S/c1-5-16-31(30(34)24-8-6-22(4)7-9-24)19-29(33)32-17-14-28-26(15-18-36-28)27(32)20-35-25-12-10-23(11-13-25)21(2)3/h5-13,15,18,21,27H,1,14,16-17,19-20H2,2-4H3. The predicted molar refractivity (Wildman–Crippen MR) is 146 cm³/mol. The summed E-state index contributed by atoms with van der Waals surface area (Å²) in [7, 11) is 0. The van der Waals surface area contributed by atoms with Crippen LogP contribution in [0.5, 0.6) is 5.75 Å². The van der Waals surface area contributed by atoms with Crippen molar-refractivity contribution in [3.63, 3.8) is 0 Å². The van der Waals surface area contributed by atoms with Crippen molar-refractivity contribution in [1.82, 2.24) is 9.80 Å². The third-order valence-electron chi connectivity index (χ3n) is 6.63. The molecule has 5 nitrogen and oxygen atoms in total. The van der Waals surface area contributed by atoms with Crippen LogP contribution < -0.4 is 4.74 Å². The normalized spacial score (nSPS) is 14.9. The molecule has 2 amide bonds. The van der Waals surface area contributed by atoms with Gasteiger partial charge in [-0.3, -0.25) is 9.59 Å². The van der Waals surface area contributed by atoms with Gasteiger partial charge in [0.05, 0.1) is 6.04 Å². The lowest BCUT2D eigenvalue weighted by Crippen LogP contribution is -2.47. The highest BCUT2D eigenvalue weighted by molar-refractivity contribution is 7.10. The first kappa shape index (κ1) is 25.7. The fourth-order valence-corrected chi connectivity index (χ4v) is 5.43. The molecule has 2 aromatic carbocycles. The van der Waals surface area contributed by atoms with E-state index in [1.807, 2.05) is 36.1 Å². The SMILES string of the molecule is C=CCN(CC(=O)N1CCc2sccc2C1COc1ccc(C(C)C)cc1)C(=O)c1ccc(C)cc1. The van der Waals surface area contributed by atoms with Crippen LogP contribution in [0, 0.1) is 6.92 Å². The molecule has 1 aromatic heterocycles. The first-order valence-corrected chi connectivity index (χ1v) is 13.3. The number of rotatable bonds is 9.